The van der Waals surface area contributed by atoms with Gasteiger partial charge in [-0.25, -0.2) is 4.79 Å². The Kier molecular flexibility index (Phi) is 5.89. The summed E-state index contributed by atoms with van der Waals surface area (Å²) in [5, 5.41) is 14.3. The Morgan fingerprint density at radius 2 is 1.24 bits per heavy atom. The lowest BCUT2D eigenvalue weighted by Crippen LogP contribution is -2.14. The van der Waals surface area contributed by atoms with Gasteiger partial charge in [-0.05, 0) is 66.7 Å². The van der Waals surface area contributed by atoms with E-state index in [1.54, 1.807) is 48.5 Å². The summed E-state index contributed by atoms with van der Waals surface area (Å²) in [7, 11) is 1.53. The van der Waals surface area contributed by atoms with E-state index in [4.69, 9.17) is 9.84 Å². The van der Waals surface area contributed by atoms with Crippen LogP contribution >= 0.6 is 0 Å². The number of hydrogen-bond acceptors (Lipinski definition) is 4. The molecule has 0 aliphatic heterocycles. The Hall–Kier alpha value is -4.13. The molecule has 3 aromatic rings. The lowest BCUT2D eigenvalue weighted by molar-refractivity contribution is 0.0696. The van der Waals surface area contributed by atoms with Gasteiger partial charge in [0.15, 0.2) is 0 Å². The molecule has 2 amide bonds. The Bertz CT molecular complexity index is 1040. The minimum absolute atomic E-state index is 0.138. The van der Waals surface area contributed by atoms with Crippen molar-refractivity contribution in [2.45, 2.75) is 0 Å². The highest BCUT2D eigenvalue weighted by atomic mass is 16.5. The van der Waals surface area contributed by atoms with Crippen LogP contribution in [0, 0.1) is 0 Å². The molecule has 0 aliphatic carbocycles. The van der Waals surface area contributed by atoms with Crippen LogP contribution in [0.5, 0.6) is 5.75 Å². The van der Waals surface area contributed by atoms with Gasteiger partial charge in [0, 0.05) is 22.5 Å². The number of anilines is 2. The van der Waals surface area contributed by atoms with Crippen LogP contribution in [0.4, 0.5) is 11.4 Å². The molecule has 0 saturated heterocycles. The summed E-state index contributed by atoms with van der Waals surface area (Å²) in [5.41, 5.74) is 2.01. The Labute approximate surface area is 166 Å². The standard InChI is InChI=1S/C22H18N2O5/c1-29-19-4-2-3-16(13-19)21(26)24-17-9-5-14(6-10-17)20(25)23-18-11-7-15(8-12-18)22(27)28/h2-13H,1H3,(H,23,25)(H,24,26)(H,27,28). The summed E-state index contributed by atoms with van der Waals surface area (Å²) < 4.78 is 5.11. The number of hydrogen-bond donors (Lipinski definition) is 3. The van der Waals surface area contributed by atoms with Crippen molar-refractivity contribution in [3.8, 4) is 5.75 Å². The third kappa shape index (κ3) is 4.98. The van der Waals surface area contributed by atoms with Crippen molar-refractivity contribution in [2.75, 3.05) is 17.7 Å². The lowest BCUT2D eigenvalue weighted by Gasteiger charge is -2.09. The van der Waals surface area contributed by atoms with Crippen LogP contribution in [0.2, 0.25) is 0 Å². The van der Waals surface area contributed by atoms with E-state index < -0.39 is 5.97 Å². The molecule has 7 heteroatoms. The van der Waals surface area contributed by atoms with E-state index in [1.807, 2.05) is 0 Å². The van der Waals surface area contributed by atoms with E-state index >= 15 is 0 Å². The van der Waals surface area contributed by atoms with Crippen LogP contribution in [0.25, 0.3) is 0 Å². The third-order valence-corrected chi connectivity index (χ3v) is 4.13. The molecule has 0 atom stereocenters. The number of carbonyl (C=O) groups is 3. The average molecular weight is 390 g/mol. The molecular formula is C22H18N2O5. The number of ether oxygens (including phenoxy) is 1. The van der Waals surface area contributed by atoms with Crippen molar-refractivity contribution in [1.82, 2.24) is 0 Å². The normalized spacial score (nSPS) is 10.1. The summed E-state index contributed by atoms with van der Waals surface area (Å²) in [6, 6.07) is 19.1. The fourth-order valence-corrected chi connectivity index (χ4v) is 2.57. The summed E-state index contributed by atoms with van der Waals surface area (Å²) in [4.78, 5) is 35.5. The number of carboxylic acids is 1. The number of aromatic carboxylic acids is 1. The minimum Gasteiger partial charge on any atom is -0.497 e. The van der Waals surface area contributed by atoms with Gasteiger partial charge in [0.05, 0.1) is 12.7 Å². The Balaban J connectivity index is 1.63. The first-order chi connectivity index (χ1) is 14.0. The fourth-order valence-electron chi connectivity index (χ4n) is 2.57. The molecule has 3 rings (SSSR count). The number of benzene rings is 3. The average Bonchev–Trinajstić information content (AvgIpc) is 2.74. The lowest BCUT2D eigenvalue weighted by atomic mass is 10.1. The van der Waals surface area contributed by atoms with Gasteiger partial charge in [-0.3, -0.25) is 9.59 Å². The van der Waals surface area contributed by atoms with Crippen LogP contribution in [0.15, 0.2) is 72.8 Å². The van der Waals surface area contributed by atoms with Gasteiger partial charge in [0.25, 0.3) is 11.8 Å². The number of carbonyl (C=O) groups excluding carboxylic acids is 2. The molecule has 0 fully saturated rings. The largest absolute Gasteiger partial charge is 0.497 e. The molecule has 0 aromatic heterocycles. The second kappa shape index (κ2) is 8.71. The molecule has 0 aliphatic rings. The van der Waals surface area contributed by atoms with Crippen molar-refractivity contribution >= 4 is 29.2 Å². The fraction of sp³-hybridized carbons (Fsp3) is 0.0455. The van der Waals surface area contributed by atoms with Crippen LogP contribution in [0.3, 0.4) is 0 Å². The maximum atomic E-state index is 12.3. The van der Waals surface area contributed by atoms with Crippen molar-refractivity contribution in [2.24, 2.45) is 0 Å². The number of nitrogens with one attached hydrogen (secondary N) is 2. The van der Waals surface area contributed by atoms with Crippen molar-refractivity contribution in [3.63, 3.8) is 0 Å². The molecule has 7 nitrogen and oxygen atoms in total. The molecular weight excluding hydrogens is 372 g/mol. The van der Waals surface area contributed by atoms with E-state index in [9.17, 15) is 14.4 Å². The number of methoxy groups -OCH3 is 1. The highest BCUT2D eigenvalue weighted by Crippen LogP contribution is 2.17. The smallest absolute Gasteiger partial charge is 0.335 e. The molecule has 3 aromatic carbocycles. The molecule has 0 bridgehead atoms. The SMILES string of the molecule is COc1cccc(C(=O)Nc2ccc(C(=O)Nc3ccc(C(=O)O)cc3)cc2)c1. The topological polar surface area (TPSA) is 105 Å². The number of carboxylic acid groups (broad SMARTS) is 1. The van der Waals surface area contributed by atoms with Gasteiger partial charge >= 0.3 is 5.97 Å². The van der Waals surface area contributed by atoms with Gasteiger partial charge in [-0.2, -0.15) is 0 Å². The molecule has 29 heavy (non-hydrogen) atoms. The summed E-state index contributed by atoms with van der Waals surface area (Å²) in [6.07, 6.45) is 0. The third-order valence-electron chi connectivity index (χ3n) is 4.13. The molecule has 0 spiro atoms. The van der Waals surface area contributed by atoms with Crippen LogP contribution in [-0.2, 0) is 0 Å². The summed E-state index contributed by atoms with van der Waals surface area (Å²) >= 11 is 0. The monoisotopic (exact) mass is 390 g/mol. The first-order valence-corrected chi connectivity index (χ1v) is 8.66. The summed E-state index contributed by atoms with van der Waals surface area (Å²) in [6.45, 7) is 0. The first-order valence-electron chi connectivity index (χ1n) is 8.66. The predicted octanol–water partition coefficient (Wildman–Crippen LogP) is 3.90. The zero-order valence-electron chi connectivity index (χ0n) is 15.5. The highest BCUT2D eigenvalue weighted by Gasteiger charge is 2.10. The second-order valence-corrected chi connectivity index (χ2v) is 6.10. The molecule has 146 valence electrons. The van der Waals surface area contributed by atoms with Crippen molar-refractivity contribution in [1.29, 1.82) is 0 Å². The Morgan fingerprint density at radius 3 is 1.76 bits per heavy atom. The number of rotatable bonds is 6. The van der Waals surface area contributed by atoms with E-state index in [-0.39, 0.29) is 17.4 Å². The molecule has 0 radical (unpaired) electrons. The van der Waals surface area contributed by atoms with E-state index in [0.29, 0.717) is 28.3 Å². The van der Waals surface area contributed by atoms with Crippen LogP contribution < -0.4 is 15.4 Å². The van der Waals surface area contributed by atoms with Gasteiger partial charge in [-0.15, -0.1) is 0 Å². The Morgan fingerprint density at radius 1 is 0.724 bits per heavy atom. The predicted molar refractivity (Wildman–Crippen MR) is 109 cm³/mol. The van der Waals surface area contributed by atoms with Gasteiger partial charge in [0.1, 0.15) is 5.75 Å². The minimum atomic E-state index is -1.03. The zero-order valence-corrected chi connectivity index (χ0v) is 15.5. The van der Waals surface area contributed by atoms with Crippen LogP contribution in [0.1, 0.15) is 31.1 Å². The molecule has 0 heterocycles. The maximum Gasteiger partial charge on any atom is 0.335 e. The molecule has 0 unspecified atom stereocenters. The van der Waals surface area contributed by atoms with Gasteiger partial charge in [0.2, 0.25) is 0 Å². The summed E-state index contributed by atoms with van der Waals surface area (Å²) in [5.74, 6) is -1.09. The van der Waals surface area contributed by atoms with Crippen molar-refractivity contribution in [3.05, 3.63) is 89.5 Å². The molecule has 3 N–H and O–H groups in total. The van der Waals surface area contributed by atoms with Crippen LogP contribution in [-0.4, -0.2) is 30.0 Å². The number of amides is 2. The maximum absolute atomic E-state index is 12.3. The quantitative estimate of drug-likeness (QED) is 0.592. The van der Waals surface area contributed by atoms with E-state index in [1.165, 1.54) is 31.4 Å². The first kappa shape index (κ1) is 19.6. The van der Waals surface area contributed by atoms with Crippen molar-refractivity contribution < 1.29 is 24.2 Å². The highest BCUT2D eigenvalue weighted by molar-refractivity contribution is 6.06. The second-order valence-electron chi connectivity index (χ2n) is 6.10. The zero-order chi connectivity index (χ0) is 20.8. The van der Waals surface area contributed by atoms with E-state index in [0.717, 1.165) is 0 Å². The molecule has 0 saturated carbocycles. The van der Waals surface area contributed by atoms with Gasteiger partial charge < -0.3 is 20.5 Å². The van der Waals surface area contributed by atoms with E-state index in [2.05, 4.69) is 10.6 Å². The van der Waals surface area contributed by atoms with Gasteiger partial charge in [-0.1, -0.05) is 6.07 Å².